The molecule has 0 radical (unpaired) electrons. The van der Waals surface area contributed by atoms with Gasteiger partial charge in [0.2, 0.25) is 5.91 Å². The molecule has 118 valence electrons. The summed E-state index contributed by atoms with van der Waals surface area (Å²) in [4.78, 5) is 36.9. The molecule has 0 saturated carbocycles. The van der Waals surface area contributed by atoms with E-state index in [1.807, 2.05) is 39.0 Å². The molecule has 6 heteroatoms. The molecule has 1 aromatic rings. The fourth-order valence-electron chi connectivity index (χ4n) is 2.36. The number of anilines is 1. The van der Waals surface area contributed by atoms with Crippen LogP contribution in [0.1, 0.15) is 26.3 Å². The molecule has 1 aliphatic rings. The molecule has 0 bridgehead atoms. The number of hydrogen-bond acceptors (Lipinski definition) is 3. The van der Waals surface area contributed by atoms with E-state index in [-0.39, 0.29) is 24.3 Å². The molecule has 1 heterocycles. The van der Waals surface area contributed by atoms with Crippen LogP contribution in [0.15, 0.2) is 24.3 Å². The van der Waals surface area contributed by atoms with Crippen LogP contribution in [0.5, 0.6) is 0 Å². The van der Waals surface area contributed by atoms with Crippen LogP contribution in [0.2, 0.25) is 0 Å². The maximum Gasteiger partial charge on any atom is 0.325 e. The largest absolute Gasteiger partial charge is 0.326 e. The summed E-state index contributed by atoms with van der Waals surface area (Å²) in [6.45, 7) is 5.45. The zero-order valence-corrected chi connectivity index (χ0v) is 13.1. The maximum atomic E-state index is 12.1. The van der Waals surface area contributed by atoms with Crippen molar-refractivity contribution in [3.05, 3.63) is 29.8 Å². The first-order valence-electron chi connectivity index (χ1n) is 7.43. The topological polar surface area (TPSA) is 78.5 Å². The maximum absolute atomic E-state index is 12.1. The van der Waals surface area contributed by atoms with Crippen LogP contribution in [0.4, 0.5) is 10.5 Å². The van der Waals surface area contributed by atoms with Crippen molar-refractivity contribution in [2.24, 2.45) is 5.92 Å². The number of nitrogens with zero attached hydrogens (tertiary/aromatic N) is 1. The Hall–Kier alpha value is -2.37. The van der Waals surface area contributed by atoms with E-state index in [4.69, 9.17) is 0 Å². The Kier molecular flexibility index (Phi) is 4.80. The van der Waals surface area contributed by atoms with Crippen LogP contribution in [0.3, 0.4) is 0 Å². The minimum atomic E-state index is -0.552. The van der Waals surface area contributed by atoms with Gasteiger partial charge in [0.25, 0.3) is 5.91 Å². The van der Waals surface area contributed by atoms with Crippen molar-refractivity contribution in [3.8, 4) is 0 Å². The monoisotopic (exact) mass is 303 g/mol. The smallest absolute Gasteiger partial charge is 0.325 e. The lowest BCUT2D eigenvalue weighted by molar-refractivity contribution is -0.131. The summed E-state index contributed by atoms with van der Waals surface area (Å²) in [7, 11) is 0. The Bertz CT molecular complexity index is 598. The third kappa shape index (κ3) is 3.44. The number of aryl methyl sites for hydroxylation is 1. The zero-order chi connectivity index (χ0) is 16.3. The van der Waals surface area contributed by atoms with Gasteiger partial charge in [0.15, 0.2) is 0 Å². The van der Waals surface area contributed by atoms with Gasteiger partial charge in [-0.2, -0.15) is 0 Å². The van der Waals surface area contributed by atoms with Gasteiger partial charge >= 0.3 is 6.03 Å². The first-order valence-corrected chi connectivity index (χ1v) is 7.43. The molecule has 1 saturated heterocycles. The van der Waals surface area contributed by atoms with E-state index in [0.717, 1.165) is 16.9 Å². The van der Waals surface area contributed by atoms with Gasteiger partial charge in [-0.05, 0) is 30.0 Å². The first-order chi connectivity index (χ1) is 10.4. The van der Waals surface area contributed by atoms with Gasteiger partial charge in [-0.1, -0.05) is 32.9 Å². The number of carbonyl (C=O) groups is 3. The van der Waals surface area contributed by atoms with E-state index in [1.54, 1.807) is 6.07 Å². The highest BCUT2D eigenvalue weighted by molar-refractivity contribution is 6.08. The molecule has 0 spiro atoms. The number of nitrogens with one attached hydrogen (secondary N) is 2. The van der Waals surface area contributed by atoms with Gasteiger partial charge in [-0.15, -0.1) is 0 Å². The lowest BCUT2D eigenvalue weighted by atomic mass is 10.1. The molecule has 1 aliphatic heterocycles. The van der Waals surface area contributed by atoms with Crippen LogP contribution >= 0.6 is 0 Å². The molecule has 4 amide bonds. The Morgan fingerprint density at radius 3 is 2.68 bits per heavy atom. The summed E-state index contributed by atoms with van der Waals surface area (Å²) >= 11 is 0. The number of carbonyl (C=O) groups excluding carboxylic acids is 3. The minimum Gasteiger partial charge on any atom is -0.326 e. The van der Waals surface area contributed by atoms with Crippen molar-refractivity contribution < 1.29 is 14.4 Å². The lowest BCUT2D eigenvalue weighted by Gasteiger charge is -2.14. The third-order valence-electron chi connectivity index (χ3n) is 3.64. The van der Waals surface area contributed by atoms with Gasteiger partial charge in [0.05, 0.1) is 0 Å². The summed E-state index contributed by atoms with van der Waals surface area (Å²) in [5, 5.41) is 5.31. The van der Waals surface area contributed by atoms with Crippen molar-refractivity contribution in [2.45, 2.75) is 33.2 Å². The molecule has 1 aromatic carbocycles. The number of rotatable bonds is 5. The van der Waals surface area contributed by atoms with Gasteiger partial charge in [0.1, 0.15) is 12.6 Å². The molecule has 2 N–H and O–H groups in total. The standard InChI is InChI=1S/C16H21N3O3/c1-4-11-6-5-7-12(8-11)17-13(20)9-19-15(21)14(10(2)3)18-16(19)22/h5-8,10,14H,4,9H2,1-3H3,(H,17,20)(H,18,22). The SMILES string of the molecule is CCc1cccc(NC(=O)CN2C(=O)NC(C(C)C)C2=O)c1. The lowest BCUT2D eigenvalue weighted by Crippen LogP contribution is -2.39. The number of imide groups is 1. The van der Waals surface area contributed by atoms with Crippen LogP contribution in [-0.4, -0.2) is 35.3 Å². The van der Waals surface area contributed by atoms with E-state index in [0.29, 0.717) is 5.69 Å². The molecular weight excluding hydrogens is 282 g/mol. The Balaban J connectivity index is 2.00. The van der Waals surface area contributed by atoms with Crippen molar-refractivity contribution in [3.63, 3.8) is 0 Å². The second-order valence-corrected chi connectivity index (χ2v) is 5.70. The average Bonchev–Trinajstić information content (AvgIpc) is 2.75. The molecule has 1 fully saturated rings. The summed E-state index contributed by atoms with van der Waals surface area (Å²) in [6, 6.07) is 6.42. The second kappa shape index (κ2) is 6.60. The summed E-state index contributed by atoms with van der Waals surface area (Å²) in [5.74, 6) is -0.746. The Morgan fingerprint density at radius 1 is 1.36 bits per heavy atom. The van der Waals surface area contributed by atoms with Crippen molar-refractivity contribution >= 4 is 23.5 Å². The van der Waals surface area contributed by atoms with Crippen LogP contribution in [-0.2, 0) is 16.0 Å². The normalized spacial score (nSPS) is 17.8. The van der Waals surface area contributed by atoms with Crippen LogP contribution < -0.4 is 10.6 Å². The highest BCUT2D eigenvalue weighted by Gasteiger charge is 2.40. The minimum absolute atomic E-state index is 0.00857. The van der Waals surface area contributed by atoms with E-state index >= 15 is 0 Å². The Labute approximate surface area is 129 Å². The van der Waals surface area contributed by atoms with Gasteiger partial charge < -0.3 is 10.6 Å². The number of amides is 4. The number of hydrogen-bond donors (Lipinski definition) is 2. The highest BCUT2D eigenvalue weighted by atomic mass is 16.2. The van der Waals surface area contributed by atoms with Crippen LogP contribution in [0, 0.1) is 5.92 Å². The number of urea groups is 1. The summed E-state index contributed by atoms with van der Waals surface area (Å²) in [6.07, 6.45) is 0.868. The van der Waals surface area contributed by atoms with Crippen LogP contribution in [0.25, 0.3) is 0 Å². The quantitative estimate of drug-likeness (QED) is 0.814. The zero-order valence-electron chi connectivity index (χ0n) is 13.1. The predicted molar refractivity (Wildman–Crippen MR) is 83.3 cm³/mol. The van der Waals surface area contributed by atoms with E-state index in [1.165, 1.54) is 0 Å². The molecule has 0 aliphatic carbocycles. The predicted octanol–water partition coefficient (Wildman–Crippen LogP) is 1.76. The van der Waals surface area contributed by atoms with Gasteiger partial charge in [-0.25, -0.2) is 4.79 Å². The third-order valence-corrected chi connectivity index (χ3v) is 3.64. The molecule has 1 unspecified atom stereocenters. The molecule has 0 aromatic heterocycles. The second-order valence-electron chi connectivity index (χ2n) is 5.70. The summed E-state index contributed by atoms with van der Waals surface area (Å²) in [5.41, 5.74) is 1.77. The highest BCUT2D eigenvalue weighted by Crippen LogP contribution is 2.15. The van der Waals surface area contributed by atoms with Crippen molar-refractivity contribution in [1.82, 2.24) is 10.2 Å². The molecule has 2 rings (SSSR count). The van der Waals surface area contributed by atoms with E-state index < -0.39 is 12.1 Å². The molecular formula is C16H21N3O3. The molecule has 6 nitrogen and oxygen atoms in total. The first kappa shape index (κ1) is 16.0. The molecule has 1 atom stereocenters. The average molecular weight is 303 g/mol. The molecule has 22 heavy (non-hydrogen) atoms. The van der Waals surface area contributed by atoms with Gasteiger partial charge in [-0.3, -0.25) is 14.5 Å². The van der Waals surface area contributed by atoms with Crippen molar-refractivity contribution in [1.29, 1.82) is 0 Å². The fraction of sp³-hybridized carbons (Fsp3) is 0.438. The van der Waals surface area contributed by atoms with E-state index in [2.05, 4.69) is 10.6 Å². The van der Waals surface area contributed by atoms with E-state index in [9.17, 15) is 14.4 Å². The number of benzene rings is 1. The van der Waals surface area contributed by atoms with Crippen molar-refractivity contribution in [2.75, 3.05) is 11.9 Å². The summed E-state index contributed by atoms with van der Waals surface area (Å²) < 4.78 is 0. The van der Waals surface area contributed by atoms with Gasteiger partial charge in [0, 0.05) is 5.69 Å². The Morgan fingerprint density at radius 2 is 2.09 bits per heavy atom. The fourth-order valence-corrected chi connectivity index (χ4v) is 2.36.